The Labute approximate surface area is 137 Å². The van der Waals surface area contributed by atoms with Crippen molar-refractivity contribution in [1.82, 2.24) is 10.3 Å². The SMILES string of the molecule is NCc1cccnc1NC(=O)NCC1C2CC3CC(C2)CC1C3. The molecule has 5 rings (SSSR count). The number of hydrogen-bond donors (Lipinski definition) is 3. The summed E-state index contributed by atoms with van der Waals surface area (Å²) in [6.45, 7) is 1.17. The molecule has 0 atom stereocenters. The second kappa shape index (κ2) is 6.11. The smallest absolute Gasteiger partial charge is 0.320 e. The van der Waals surface area contributed by atoms with E-state index in [2.05, 4.69) is 15.6 Å². The molecule has 0 unspecified atom stereocenters. The number of nitrogens with two attached hydrogens (primary N) is 1. The molecule has 1 aromatic heterocycles. The van der Waals surface area contributed by atoms with Crippen LogP contribution < -0.4 is 16.4 Å². The summed E-state index contributed by atoms with van der Waals surface area (Å²) >= 11 is 0. The molecule has 0 saturated heterocycles. The number of urea groups is 1. The molecule has 4 bridgehead atoms. The largest absolute Gasteiger partial charge is 0.338 e. The lowest BCUT2D eigenvalue weighted by Crippen LogP contribution is -2.49. The fourth-order valence-corrected chi connectivity index (χ4v) is 5.45. The summed E-state index contributed by atoms with van der Waals surface area (Å²) in [6.07, 6.45) is 8.69. The molecule has 4 fully saturated rings. The van der Waals surface area contributed by atoms with Crippen molar-refractivity contribution in [3.63, 3.8) is 0 Å². The van der Waals surface area contributed by atoms with Gasteiger partial charge in [-0.25, -0.2) is 9.78 Å². The average Bonchev–Trinajstić information content (AvgIpc) is 2.54. The third kappa shape index (κ3) is 2.94. The van der Waals surface area contributed by atoms with Gasteiger partial charge in [0.25, 0.3) is 0 Å². The quantitative estimate of drug-likeness (QED) is 0.799. The summed E-state index contributed by atoms with van der Waals surface area (Å²) in [5.41, 5.74) is 6.54. The van der Waals surface area contributed by atoms with Gasteiger partial charge in [-0.3, -0.25) is 5.32 Å². The summed E-state index contributed by atoms with van der Waals surface area (Å²) in [6, 6.07) is 3.56. The van der Waals surface area contributed by atoms with Crippen molar-refractivity contribution in [1.29, 1.82) is 0 Å². The Bertz CT molecular complexity index is 560. The molecule has 4 aliphatic carbocycles. The van der Waals surface area contributed by atoms with Gasteiger partial charge < -0.3 is 11.1 Å². The molecule has 0 spiro atoms. The molecule has 1 heterocycles. The van der Waals surface area contributed by atoms with Crippen LogP contribution in [-0.2, 0) is 6.54 Å². The highest BCUT2D eigenvalue weighted by molar-refractivity contribution is 5.88. The molecule has 4 saturated carbocycles. The molecule has 0 aliphatic heterocycles. The monoisotopic (exact) mass is 314 g/mol. The Morgan fingerprint density at radius 2 is 1.87 bits per heavy atom. The number of amides is 2. The zero-order chi connectivity index (χ0) is 15.8. The van der Waals surface area contributed by atoms with Gasteiger partial charge in [0.05, 0.1) is 0 Å². The summed E-state index contributed by atoms with van der Waals surface area (Å²) in [4.78, 5) is 16.4. The number of anilines is 1. The molecule has 124 valence electrons. The number of carbonyl (C=O) groups excluding carboxylic acids is 1. The lowest BCUT2D eigenvalue weighted by atomic mass is 9.52. The summed E-state index contributed by atoms with van der Waals surface area (Å²) in [5.74, 6) is 4.86. The number of nitrogens with zero attached hydrogens (tertiary/aromatic N) is 1. The van der Waals surface area contributed by atoms with Gasteiger partial charge in [-0.1, -0.05) is 6.07 Å². The van der Waals surface area contributed by atoms with Crippen LogP contribution in [0.25, 0.3) is 0 Å². The van der Waals surface area contributed by atoms with Crippen LogP contribution in [0, 0.1) is 29.6 Å². The van der Waals surface area contributed by atoms with E-state index in [0.717, 1.165) is 35.8 Å². The molecule has 0 aromatic carbocycles. The summed E-state index contributed by atoms with van der Waals surface area (Å²) < 4.78 is 0. The van der Waals surface area contributed by atoms with Crippen molar-refractivity contribution in [3.8, 4) is 0 Å². The molecule has 4 N–H and O–H groups in total. The van der Waals surface area contributed by atoms with Crippen LogP contribution >= 0.6 is 0 Å². The second-order valence-corrected chi connectivity index (χ2v) is 7.64. The van der Waals surface area contributed by atoms with E-state index in [1.165, 1.54) is 32.1 Å². The molecule has 23 heavy (non-hydrogen) atoms. The lowest BCUT2D eigenvalue weighted by molar-refractivity contribution is -0.0342. The van der Waals surface area contributed by atoms with Crippen LogP contribution in [0.2, 0.25) is 0 Å². The Morgan fingerprint density at radius 1 is 1.17 bits per heavy atom. The van der Waals surface area contributed by atoms with Gasteiger partial charge in [0.2, 0.25) is 0 Å². The molecular formula is C18H26N4O. The van der Waals surface area contributed by atoms with Crippen LogP contribution in [0.4, 0.5) is 10.6 Å². The molecular weight excluding hydrogens is 288 g/mol. The molecule has 1 aromatic rings. The Balaban J connectivity index is 1.33. The predicted octanol–water partition coefficient (Wildman–Crippen LogP) is 2.73. The van der Waals surface area contributed by atoms with Crippen LogP contribution in [0.3, 0.4) is 0 Å². The highest BCUT2D eigenvalue weighted by Crippen LogP contribution is 2.56. The van der Waals surface area contributed by atoms with E-state index in [9.17, 15) is 4.79 Å². The third-order valence-corrected chi connectivity index (χ3v) is 6.26. The number of aromatic nitrogens is 1. The first-order chi connectivity index (χ1) is 11.2. The number of carbonyl (C=O) groups is 1. The third-order valence-electron chi connectivity index (χ3n) is 6.26. The van der Waals surface area contributed by atoms with Crippen LogP contribution in [0.15, 0.2) is 18.3 Å². The van der Waals surface area contributed by atoms with E-state index in [4.69, 9.17) is 5.73 Å². The second-order valence-electron chi connectivity index (χ2n) is 7.64. The van der Waals surface area contributed by atoms with E-state index in [1.54, 1.807) is 6.20 Å². The van der Waals surface area contributed by atoms with Crippen LogP contribution in [0.5, 0.6) is 0 Å². The van der Waals surface area contributed by atoms with Crippen LogP contribution in [0.1, 0.15) is 37.7 Å². The minimum atomic E-state index is -0.160. The summed E-state index contributed by atoms with van der Waals surface area (Å²) in [7, 11) is 0. The zero-order valence-electron chi connectivity index (χ0n) is 13.5. The van der Waals surface area contributed by atoms with E-state index in [1.807, 2.05) is 12.1 Å². The van der Waals surface area contributed by atoms with Gasteiger partial charge in [-0.05, 0) is 67.8 Å². The highest BCUT2D eigenvalue weighted by Gasteiger charge is 2.47. The number of rotatable bonds is 4. The van der Waals surface area contributed by atoms with Gasteiger partial charge in [-0.2, -0.15) is 0 Å². The maximum absolute atomic E-state index is 12.2. The zero-order valence-corrected chi connectivity index (χ0v) is 13.5. The van der Waals surface area contributed by atoms with E-state index in [0.29, 0.717) is 18.3 Å². The van der Waals surface area contributed by atoms with Gasteiger partial charge in [0, 0.05) is 24.8 Å². The van der Waals surface area contributed by atoms with Crippen LogP contribution in [-0.4, -0.2) is 17.6 Å². The Kier molecular flexibility index (Phi) is 3.97. The highest BCUT2D eigenvalue weighted by atomic mass is 16.2. The molecule has 0 radical (unpaired) electrons. The molecule has 5 nitrogen and oxygen atoms in total. The first-order valence-corrected chi connectivity index (χ1v) is 8.91. The first-order valence-electron chi connectivity index (χ1n) is 8.91. The number of pyridine rings is 1. The molecule has 2 amide bonds. The van der Waals surface area contributed by atoms with Gasteiger partial charge in [-0.15, -0.1) is 0 Å². The Morgan fingerprint density at radius 3 is 2.52 bits per heavy atom. The average molecular weight is 314 g/mol. The fourth-order valence-electron chi connectivity index (χ4n) is 5.45. The number of hydrogen-bond acceptors (Lipinski definition) is 3. The molecule has 5 heteroatoms. The summed E-state index contributed by atoms with van der Waals surface area (Å²) in [5, 5.41) is 5.92. The van der Waals surface area contributed by atoms with Gasteiger partial charge in [0.15, 0.2) is 0 Å². The molecule has 4 aliphatic rings. The lowest BCUT2D eigenvalue weighted by Gasteiger charge is -2.54. The Hall–Kier alpha value is -1.62. The number of nitrogens with one attached hydrogen (secondary N) is 2. The predicted molar refractivity (Wildman–Crippen MR) is 89.7 cm³/mol. The van der Waals surface area contributed by atoms with Crippen molar-refractivity contribution in [3.05, 3.63) is 23.9 Å². The fraction of sp³-hybridized carbons (Fsp3) is 0.667. The van der Waals surface area contributed by atoms with Crippen molar-refractivity contribution in [2.24, 2.45) is 35.3 Å². The topological polar surface area (TPSA) is 80.0 Å². The van der Waals surface area contributed by atoms with E-state index in [-0.39, 0.29) is 6.03 Å². The minimum absolute atomic E-state index is 0.160. The van der Waals surface area contributed by atoms with Crippen molar-refractivity contribution in [2.75, 3.05) is 11.9 Å². The first kappa shape index (κ1) is 14.9. The van der Waals surface area contributed by atoms with Gasteiger partial charge >= 0.3 is 6.03 Å². The van der Waals surface area contributed by atoms with Crippen molar-refractivity contribution in [2.45, 2.75) is 38.6 Å². The normalized spacial score (nSPS) is 34.4. The van der Waals surface area contributed by atoms with Crippen molar-refractivity contribution >= 4 is 11.8 Å². The van der Waals surface area contributed by atoms with E-state index >= 15 is 0 Å². The maximum atomic E-state index is 12.2. The van der Waals surface area contributed by atoms with Gasteiger partial charge in [0.1, 0.15) is 5.82 Å². The van der Waals surface area contributed by atoms with E-state index < -0.39 is 0 Å². The maximum Gasteiger partial charge on any atom is 0.320 e. The van der Waals surface area contributed by atoms with Crippen molar-refractivity contribution < 1.29 is 4.79 Å². The minimum Gasteiger partial charge on any atom is -0.338 e. The standard InChI is InChI=1S/C18H26N4O/c19-9-13-2-1-3-20-17(13)22-18(23)21-10-16-14-5-11-4-12(7-14)8-15(16)6-11/h1-3,11-12,14-16H,4-10,19H2,(H2,20,21,22,23).